The lowest BCUT2D eigenvalue weighted by Crippen LogP contribution is -2.23. The highest BCUT2D eigenvalue weighted by molar-refractivity contribution is 5.74. The third-order valence-electron chi connectivity index (χ3n) is 2.67. The minimum absolute atomic E-state index is 0.0128. The minimum atomic E-state index is -0.106. The first-order valence-corrected chi connectivity index (χ1v) is 4.41. The maximum absolute atomic E-state index is 11.1. The van der Waals surface area contributed by atoms with Crippen LogP contribution in [0.1, 0.15) is 20.3 Å². The van der Waals surface area contributed by atoms with E-state index in [2.05, 4.69) is 24.7 Å². The van der Waals surface area contributed by atoms with Crippen molar-refractivity contribution in [1.29, 1.82) is 0 Å². The molecule has 0 spiro atoms. The van der Waals surface area contributed by atoms with E-state index < -0.39 is 0 Å². The van der Waals surface area contributed by atoms with Crippen LogP contribution >= 0.6 is 0 Å². The van der Waals surface area contributed by atoms with Gasteiger partial charge in [0.25, 0.3) is 0 Å². The molecular weight excluding hydrogens is 152 g/mol. The van der Waals surface area contributed by atoms with Crippen molar-refractivity contribution in [2.45, 2.75) is 20.3 Å². The molecule has 0 bridgehead atoms. The van der Waals surface area contributed by atoms with E-state index in [0.717, 1.165) is 6.42 Å². The molecule has 0 amide bonds. The maximum Gasteiger partial charge on any atom is 0.312 e. The summed E-state index contributed by atoms with van der Waals surface area (Å²) in [6.45, 7) is 4.35. The molecule has 0 radical (unpaired) electrons. The first kappa shape index (κ1) is 9.30. The maximum atomic E-state index is 11.1. The van der Waals surface area contributed by atoms with Crippen molar-refractivity contribution in [3.63, 3.8) is 0 Å². The van der Waals surface area contributed by atoms with Crippen molar-refractivity contribution in [1.82, 2.24) is 0 Å². The first-order chi connectivity index (χ1) is 5.65. The Morgan fingerprint density at radius 1 is 1.42 bits per heavy atom. The van der Waals surface area contributed by atoms with Gasteiger partial charge < -0.3 is 4.74 Å². The van der Waals surface area contributed by atoms with Crippen molar-refractivity contribution < 1.29 is 9.53 Å². The Labute approximate surface area is 73.6 Å². The van der Waals surface area contributed by atoms with Crippen LogP contribution in [-0.2, 0) is 9.53 Å². The summed E-state index contributed by atoms with van der Waals surface area (Å²) in [5.74, 6) is 1.05. The molecule has 0 N–H and O–H groups in total. The Bertz CT molecular complexity index is 196. The molecule has 68 valence electrons. The first-order valence-electron chi connectivity index (χ1n) is 4.41. The number of allylic oxidation sites excluding steroid dienone is 1. The van der Waals surface area contributed by atoms with Crippen LogP contribution in [0.3, 0.4) is 0 Å². The van der Waals surface area contributed by atoms with Gasteiger partial charge in [0, 0.05) is 0 Å². The molecule has 0 saturated heterocycles. The molecule has 3 unspecified atom stereocenters. The highest BCUT2D eigenvalue weighted by Crippen LogP contribution is 2.28. The van der Waals surface area contributed by atoms with Crippen molar-refractivity contribution >= 4 is 5.97 Å². The van der Waals surface area contributed by atoms with E-state index in [-0.39, 0.29) is 11.9 Å². The molecule has 3 atom stereocenters. The van der Waals surface area contributed by atoms with Gasteiger partial charge in [0.2, 0.25) is 0 Å². The lowest BCUT2D eigenvalue weighted by molar-refractivity contribution is -0.144. The Balaban J connectivity index is 2.60. The molecule has 2 heteroatoms. The van der Waals surface area contributed by atoms with Gasteiger partial charge in [-0.3, -0.25) is 4.79 Å². The predicted molar refractivity (Wildman–Crippen MR) is 47.6 cm³/mol. The molecule has 0 aromatic carbocycles. The monoisotopic (exact) mass is 168 g/mol. The van der Waals surface area contributed by atoms with Crippen LogP contribution in [0.4, 0.5) is 0 Å². The van der Waals surface area contributed by atoms with Crippen molar-refractivity contribution in [3.05, 3.63) is 12.2 Å². The second kappa shape index (κ2) is 3.74. The van der Waals surface area contributed by atoms with Gasteiger partial charge in [-0.1, -0.05) is 26.0 Å². The van der Waals surface area contributed by atoms with Crippen molar-refractivity contribution in [2.24, 2.45) is 17.8 Å². The average Bonchev–Trinajstić information content (AvgIpc) is 2.08. The van der Waals surface area contributed by atoms with Gasteiger partial charge in [0.05, 0.1) is 13.0 Å². The topological polar surface area (TPSA) is 26.3 Å². The second-order valence-corrected chi connectivity index (χ2v) is 3.59. The Hall–Kier alpha value is -0.790. The standard InChI is InChI=1S/C10H16O2/c1-7-4-5-9(6-8(7)2)10(11)12-3/h4-5,7-9H,6H2,1-3H3. The Morgan fingerprint density at radius 2 is 2.08 bits per heavy atom. The largest absolute Gasteiger partial charge is 0.469 e. The van der Waals surface area contributed by atoms with Gasteiger partial charge in [-0.05, 0) is 18.3 Å². The van der Waals surface area contributed by atoms with E-state index in [1.165, 1.54) is 7.11 Å². The van der Waals surface area contributed by atoms with Gasteiger partial charge >= 0.3 is 5.97 Å². The molecule has 1 aliphatic carbocycles. The fraction of sp³-hybridized carbons (Fsp3) is 0.700. The van der Waals surface area contributed by atoms with E-state index in [1.54, 1.807) is 0 Å². The molecule has 0 aromatic heterocycles. The number of methoxy groups -OCH3 is 1. The Kier molecular flexibility index (Phi) is 2.90. The average molecular weight is 168 g/mol. The fourth-order valence-corrected chi connectivity index (χ4v) is 1.52. The number of carbonyl (C=O) groups is 1. The molecule has 1 aliphatic rings. The summed E-state index contributed by atoms with van der Waals surface area (Å²) in [5.41, 5.74) is 0. The van der Waals surface area contributed by atoms with Crippen molar-refractivity contribution in [2.75, 3.05) is 7.11 Å². The highest BCUT2D eigenvalue weighted by Gasteiger charge is 2.25. The third-order valence-corrected chi connectivity index (χ3v) is 2.67. The minimum Gasteiger partial charge on any atom is -0.469 e. The number of hydrogen-bond acceptors (Lipinski definition) is 2. The molecule has 2 nitrogen and oxygen atoms in total. The smallest absolute Gasteiger partial charge is 0.312 e. The quantitative estimate of drug-likeness (QED) is 0.442. The summed E-state index contributed by atoms with van der Waals surface area (Å²) in [6, 6.07) is 0. The van der Waals surface area contributed by atoms with E-state index in [0.29, 0.717) is 11.8 Å². The summed E-state index contributed by atoms with van der Waals surface area (Å²) in [5, 5.41) is 0. The zero-order valence-electron chi connectivity index (χ0n) is 7.91. The third kappa shape index (κ3) is 1.87. The van der Waals surface area contributed by atoms with Gasteiger partial charge in [-0.2, -0.15) is 0 Å². The van der Waals surface area contributed by atoms with E-state index in [4.69, 9.17) is 0 Å². The van der Waals surface area contributed by atoms with Gasteiger partial charge in [-0.25, -0.2) is 0 Å². The van der Waals surface area contributed by atoms with Gasteiger partial charge in [0.15, 0.2) is 0 Å². The molecule has 0 aromatic rings. The highest BCUT2D eigenvalue weighted by atomic mass is 16.5. The molecular formula is C10H16O2. The number of esters is 1. The molecule has 1 rings (SSSR count). The summed E-state index contributed by atoms with van der Waals surface area (Å²) in [4.78, 5) is 11.1. The van der Waals surface area contributed by atoms with E-state index >= 15 is 0 Å². The Morgan fingerprint density at radius 3 is 2.58 bits per heavy atom. The van der Waals surface area contributed by atoms with Crippen LogP contribution in [0.25, 0.3) is 0 Å². The fourth-order valence-electron chi connectivity index (χ4n) is 1.52. The van der Waals surface area contributed by atoms with Crippen LogP contribution in [0.2, 0.25) is 0 Å². The van der Waals surface area contributed by atoms with Gasteiger partial charge in [0.1, 0.15) is 0 Å². The summed E-state index contributed by atoms with van der Waals surface area (Å²) < 4.78 is 4.68. The van der Waals surface area contributed by atoms with Crippen LogP contribution in [0, 0.1) is 17.8 Å². The molecule has 12 heavy (non-hydrogen) atoms. The normalized spacial score (nSPS) is 34.8. The predicted octanol–water partition coefficient (Wildman–Crippen LogP) is 2.01. The summed E-state index contributed by atoms with van der Waals surface area (Å²) in [7, 11) is 1.44. The SMILES string of the molecule is COC(=O)C1C=CC(C)C(C)C1. The summed E-state index contributed by atoms with van der Waals surface area (Å²) in [6.07, 6.45) is 5.00. The zero-order chi connectivity index (χ0) is 9.14. The van der Waals surface area contributed by atoms with Crippen LogP contribution in [0.5, 0.6) is 0 Å². The molecule has 0 saturated carbocycles. The van der Waals surface area contributed by atoms with Crippen LogP contribution in [-0.4, -0.2) is 13.1 Å². The number of carbonyl (C=O) groups excluding carboxylic acids is 1. The number of ether oxygens (including phenoxy) is 1. The van der Waals surface area contributed by atoms with Crippen LogP contribution in [0.15, 0.2) is 12.2 Å². The molecule has 0 aliphatic heterocycles. The van der Waals surface area contributed by atoms with Gasteiger partial charge in [-0.15, -0.1) is 0 Å². The molecule has 0 heterocycles. The van der Waals surface area contributed by atoms with E-state index in [9.17, 15) is 4.79 Å². The second-order valence-electron chi connectivity index (χ2n) is 3.59. The lowest BCUT2D eigenvalue weighted by atomic mass is 9.81. The number of hydrogen-bond donors (Lipinski definition) is 0. The van der Waals surface area contributed by atoms with E-state index in [1.807, 2.05) is 6.08 Å². The lowest BCUT2D eigenvalue weighted by Gasteiger charge is -2.24. The van der Waals surface area contributed by atoms with Crippen molar-refractivity contribution in [3.8, 4) is 0 Å². The molecule has 0 fully saturated rings. The van der Waals surface area contributed by atoms with Crippen LogP contribution < -0.4 is 0 Å². The number of rotatable bonds is 1. The zero-order valence-corrected chi connectivity index (χ0v) is 7.91. The summed E-state index contributed by atoms with van der Waals surface area (Å²) >= 11 is 0.